The Morgan fingerprint density at radius 2 is 1.80 bits per heavy atom. The number of hydrogen-bond donors (Lipinski definition) is 5. The van der Waals surface area contributed by atoms with Crippen molar-refractivity contribution < 1.29 is 33.4 Å². The highest BCUT2D eigenvalue weighted by Crippen LogP contribution is 2.71. The molecular weight excluding hydrogens is 248 g/mol. The van der Waals surface area contributed by atoms with Gasteiger partial charge in [-0.2, -0.15) is 0 Å². The molecule has 0 aliphatic heterocycles. The van der Waals surface area contributed by atoms with Gasteiger partial charge in [-0.25, -0.2) is 0 Å². The van der Waals surface area contributed by atoms with Gasteiger partial charge >= 0.3 is 15.2 Å². The summed E-state index contributed by atoms with van der Waals surface area (Å²) in [5.74, 6) is 0. The molecule has 0 aliphatic rings. The molecule has 0 heterocycles. The lowest BCUT2D eigenvalue weighted by atomic mass is 10.5. The Labute approximate surface area is 86.8 Å². The van der Waals surface area contributed by atoms with Crippen molar-refractivity contribution in [1.82, 2.24) is 0 Å². The molecule has 0 spiro atoms. The Kier molecular flexibility index (Phi) is 5.11. The van der Waals surface area contributed by atoms with Crippen LogP contribution in [0.5, 0.6) is 0 Å². The van der Waals surface area contributed by atoms with Crippen LogP contribution in [-0.4, -0.2) is 38.0 Å². The van der Waals surface area contributed by atoms with Gasteiger partial charge in [-0.1, -0.05) is 0 Å². The van der Waals surface area contributed by atoms with Crippen molar-refractivity contribution in [2.45, 2.75) is 18.4 Å². The Hall–Kier alpha value is 0.220. The summed E-state index contributed by atoms with van der Waals surface area (Å²) in [5, 5.41) is 6.39. The SMILES string of the molecule is CCOP(=O)(O)C(O)(CCN)P(=O)(O)O. The lowest BCUT2D eigenvalue weighted by Crippen LogP contribution is -2.32. The highest BCUT2D eigenvalue weighted by molar-refractivity contribution is 7.72. The standard InChI is InChI=1S/C5H15NO7P2/c1-2-13-15(11,12)5(7,3-4-6)14(8,9)10/h7H,2-4,6H2,1H3,(H,11,12)(H2,8,9,10). The second-order valence-corrected chi connectivity index (χ2v) is 7.01. The molecule has 0 rings (SSSR count). The lowest BCUT2D eigenvalue weighted by Gasteiger charge is -2.31. The molecule has 0 aromatic carbocycles. The first-order valence-corrected chi connectivity index (χ1v) is 7.27. The van der Waals surface area contributed by atoms with E-state index >= 15 is 0 Å². The van der Waals surface area contributed by atoms with Crippen molar-refractivity contribution in [3.8, 4) is 0 Å². The smallest absolute Gasteiger partial charge is 0.367 e. The van der Waals surface area contributed by atoms with Gasteiger partial charge in [0.2, 0.25) is 0 Å². The number of rotatable bonds is 6. The zero-order chi connectivity index (χ0) is 12.3. The summed E-state index contributed by atoms with van der Waals surface area (Å²) in [7, 11) is -10.1. The van der Waals surface area contributed by atoms with E-state index in [2.05, 4.69) is 4.52 Å². The van der Waals surface area contributed by atoms with Gasteiger partial charge in [-0.3, -0.25) is 9.13 Å². The van der Waals surface area contributed by atoms with Crippen molar-refractivity contribution in [2.75, 3.05) is 13.2 Å². The van der Waals surface area contributed by atoms with Crippen LogP contribution in [0.4, 0.5) is 0 Å². The molecule has 2 unspecified atom stereocenters. The highest BCUT2D eigenvalue weighted by atomic mass is 31.2. The second kappa shape index (κ2) is 5.03. The van der Waals surface area contributed by atoms with Crippen molar-refractivity contribution in [1.29, 1.82) is 0 Å². The van der Waals surface area contributed by atoms with E-state index in [-0.39, 0.29) is 13.2 Å². The topological polar surface area (TPSA) is 150 Å². The van der Waals surface area contributed by atoms with Crippen LogP contribution in [0, 0.1) is 0 Å². The average Bonchev–Trinajstić information content (AvgIpc) is 2.02. The number of aliphatic hydroxyl groups is 1. The minimum Gasteiger partial charge on any atom is -0.367 e. The fraction of sp³-hybridized carbons (Fsp3) is 1.00. The van der Waals surface area contributed by atoms with E-state index in [1.807, 2.05) is 0 Å². The molecule has 8 nitrogen and oxygen atoms in total. The maximum absolute atomic E-state index is 11.4. The first kappa shape index (κ1) is 15.2. The van der Waals surface area contributed by atoms with Crippen LogP contribution in [0.15, 0.2) is 0 Å². The maximum Gasteiger partial charge on any atom is 0.372 e. The molecule has 0 saturated heterocycles. The van der Waals surface area contributed by atoms with Gasteiger partial charge in [0, 0.05) is 6.42 Å². The molecule has 0 fully saturated rings. The molecule has 10 heteroatoms. The van der Waals surface area contributed by atoms with Crippen molar-refractivity contribution in [2.24, 2.45) is 5.73 Å². The average molecular weight is 263 g/mol. The molecule has 0 radical (unpaired) electrons. The van der Waals surface area contributed by atoms with E-state index in [4.69, 9.17) is 15.5 Å². The van der Waals surface area contributed by atoms with Gasteiger partial charge in [-0.05, 0) is 13.5 Å². The summed E-state index contributed by atoms with van der Waals surface area (Å²) in [5.41, 5.74) is 5.01. The molecule has 0 bridgehead atoms. The van der Waals surface area contributed by atoms with Gasteiger partial charge in [0.25, 0.3) is 5.08 Å². The highest BCUT2D eigenvalue weighted by Gasteiger charge is 2.60. The third kappa shape index (κ3) is 3.09. The Bertz CT molecular complexity index is 302. The van der Waals surface area contributed by atoms with Gasteiger partial charge < -0.3 is 30.0 Å². The van der Waals surface area contributed by atoms with Crippen LogP contribution in [0.25, 0.3) is 0 Å². The van der Waals surface area contributed by atoms with Crippen LogP contribution in [-0.2, 0) is 13.7 Å². The number of nitrogens with two attached hydrogens (primary N) is 1. The van der Waals surface area contributed by atoms with Crippen molar-refractivity contribution in [3.63, 3.8) is 0 Å². The number of hydrogen-bond acceptors (Lipinski definition) is 5. The molecule has 92 valence electrons. The zero-order valence-corrected chi connectivity index (χ0v) is 9.90. The molecule has 0 aromatic heterocycles. The molecule has 0 amide bonds. The van der Waals surface area contributed by atoms with Crippen LogP contribution in [0.3, 0.4) is 0 Å². The van der Waals surface area contributed by atoms with Gasteiger partial charge in [0.15, 0.2) is 0 Å². The molecule has 0 saturated carbocycles. The van der Waals surface area contributed by atoms with E-state index < -0.39 is 26.7 Å². The normalized spacial score (nSPS) is 20.7. The van der Waals surface area contributed by atoms with Crippen LogP contribution >= 0.6 is 15.2 Å². The van der Waals surface area contributed by atoms with Gasteiger partial charge in [0.1, 0.15) is 0 Å². The molecule has 0 aliphatic carbocycles. The summed E-state index contributed by atoms with van der Waals surface area (Å²) in [4.78, 5) is 26.9. The van der Waals surface area contributed by atoms with E-state index in [1.54, 1.807) is 0 Å². The predicted molar refractivity (Wildman–Crippen MR) is 52.1 cm³/mol. The summed E-state index contributed by atoms with van der Waals surface area (Å²) in [6, 6.07) is 0. The van der Waals surface area contributed by atoms with Crippen molar-refractivity contribution >= 4 is 15.2 Å². The van der Waals surface area contributed by atoms with Gasteiger partial charge in [-0.15, -0.1) is 0 Å². The maximum atomic E-state index is 11.4. The largest absolute Gasteiger partial charge is 0.372 e. The third-order valence-electron chi connectivity index (χ3n) is 1.70. The third-order valence-corrected chi connectivity index (χ3v) is 6.14. The minimum absolute atomic E-state index is 0.263. The molecule has 0 aromatic rings. The molecule has 15 heavy (non-hydrogen) atoms. The molecule has 2 atom stereocenters. The van der Waals surface area contributed by atoms with Crippen LogP contribution < -0.4 is 5.73 Å². The van der Waals surface area contributed by atoms with E-state index in [0.717, 1.165) is 0 Å². The Morgan fingerprint density at radius 3 is 2.07 bits per heavy atom. The van der Waals surface area contributed by atoms with Crippen molar-refractivity contribution in [3.05, 3.63) is 0 Å². The zero-order valence-electron chi connectivity index (χ0n) is 8.11. The van der Waals surface area contributed by atoms with E-state index in [0.29, 0.717) is 0 Å². The first-order valence-electron chi connectivity index (χ1n) is 4.08. The summed E-state index contributed by atoms with van der Waals surface area (Å²) < 4.78 is 26.6. The molecular formula is C5H15NO7P2. The fourth-order valence-electron chi connectivity index (χ4n) is 0.924. The van der Waals surface area contributed by atoms with Crippen LogP contribution in [0.1, 0.15) is 13.3 Å². The monoisotopic (exact) mass is 263 g/mol. The summed E-state index contributed by atoms with van der Waals surface area (Å²) in [6.07, 6.45) is -0.731. The van der Waals surface area contributed by atoms with E-state index in [1.165, 1.54) is 6.92 Å². The lowest BCUT2D eigenvalue weighted by molar-refractivity contribution is 0.112. The molecule has 6 N–H and O–H groups in total. The predicted octanol–water partition coefficient (Wildman–Crippen LogP) is -0.619. The fourth-order valence-corrected chi connectivity index (χ4v) is 3.80. The Morgan fingerprint density at radius 1 is 1.33 bits per heavy atom. The van der Waals surface area contributed by atoms with Gasteiger partial charge in [0.05, 0.1) is 6.61 Å². The van der Waals surface area contributed by atoms with Crippen LogP contribution in [0.2, 0.25) is 0 Å². The quantitative estimate of drug-likeness (QED) is 0.398. The summed E-state index contributed by atoms with van der Waals surface area (Å²) >= 11 is 0. The van der Waals surface area contributed by atoms with E-state index in [9.17, 15) is 19.1 Å². The Balaban J connectivity index is 5.30. The summed E-state index contributed by atoms with van der Waals surface area (Å²) in [6.45, 7) is 0.727. The first-order chi connectivity index (χ1) is 6.62. The second-order valence-electron chi connectivity index (χ2n) is 2.80. The minimum atomic E-state index is -5.22.